The van der Waals surface area contributed by atoms with Crippen LogP contribution in [0.15, 0.2) is 18.2 Å². The van der Waals surface area contributed by atoms with Crippen molar-refractivity contribution in [2.45, 2.75) is 19.1 Å². The summed E-state index contributed by atoms with van der Waals surface area (Å²) in [5, 5.41) is -0.396. The first-order valence-corrected chi connectivity index (χ1v) is 6.22. The lowest BCUT2D eigenvalue weighted by Gasteiger charge is -2.11. The summed E-state index contributed by atoms with van der Waals surface area (Å²) < 4.78 is 38.2. The highest BCUT2D eigenvalue weighted by atomic mass is 35.5. The number of hydrogen-bond donors (Lipinski definition) is 1. The van der Waals surface area contributed by atoms with E-state index in [1.165, 1.54) is 26.0 Å². The van der Waals surface area contributed by atoms with Gasteiger partial charge in [0.05, 0.1) is 10.9 Å². The third-order valence-corrected chi connectivity index (χ3v) is 3.78. The van der Waals surface area contributed by atoms with Crippen LogP contribution in [-0.2, 0) is 10.0 Å². The van der Waals surface area contributed by atoms with E-state index in [1.807, 2.05) is 0 Å². The van der Waals surface area contributed by atoms with Crippen LogP contribution < -0.4 is 4.72 Å². The smallest absolute Gasteiger partial charge is 0.235 e. The number of benzene rings is 1. The second kappa shape index (κ2) is 4.37. The largest absolute Gasteiger partial charge is 0.280 e. The molecule has 1 aromatic carbocycles. The van der Waals surface area contributed by atoms with Crippen molar-refractivity contribution in [1.82, 2.24) is 0 Å². The van der Waals surface area contributed by atoms with Gasteiger partial charge in [-0.3, -0.25) is 4.72 Å². The highest BCUT2D eigenvalue weighted by Gasteiger charge is 2.17. The SMILES string of the molecule is CC(C)S(=O)(=O)Nc1ccc(Cl)cc1F. The van der Waals surface area contributed by atoms with Gasteiger partial charge in [0.15, 0.2) is 0 Å². The fraction of sp³-hybridized carbons (Fsp3) is 0.333. The summed E-state index contributed by atoms with van der Waals surface area (Å²) in [6, 6.07) is 3.76. The van der Waals surface area contributed by atoms with Crippen LogP contribution in [0.25, 0.3) is 0 Å². The Bertz CT molecular complexity index is 459. The summed E-state index contributed by atoms with van der Waals surface area (Å²) in [7, 11) is -3.52. The molecule has 1 rings (SSSR count). The molecule has 15 heavy (non-hydrogen) atoms. The van der Waals surface area contributed by atoms with Crippen molar-refractivity contribution in [3.05, 3.63) is 29.0 Å². The summed E-state index contributed by atoms with van der Waals surface area (Å²) in [4.78, 5) is 0. The maximum Gasteiger partial charge on any atom is 0.235 e. The average molecular weight is 252 g/mol. The molecule has 0 atom stereocenters. The Hall–Kier alpha value is -0.810. The van der Waals surface area contributed by atoms with Gasteiger partial charge in [-0.15, -0.1) is 0 Å². The van der Waals surface area contributed by atoms with Crippen molar-refractivity contribution < 1.29 is 12.8 Å². The zero-order valence-electron chi connectivity index (χ0n) is 8.29. The zero-order chi connectivity index (χ0) is 11.6. The van der Waals surface area contributed by atoms with Gasteiger partial charge in [-0.1, -0.05) is 11.6 Å². The van der Waals surface area contributed by atoms with E-state index in [4.69, 9.17) is 11.6 Å². The Balaban J connectivity index is 3.01. The van der Waals surface area contributed by atoms with Crippen molar-refractivity contribution in [2.75, 3.05) is 4.72 Å². The first-order chi connectivity index (χ1) is 6.83. The van der Waals surface area contributed by atoms with Gasteiger partial charge < -0.3 is 0 Å². The van der Waals surface area contributed by atoms with Crippen LogP contribution in [0.5, 0.6) is 0 Å². The fourth-order valence-electron chi connectivity index (χ4n) is 0.843. The Morgan fingerprint density at radius 2 is 2.00 bits per heavy atom. The lowest BCUT2D eigenvalue weighted by Crippen LogP contribution is -2.22. The number of rotatable bonds is 3. The lowest BCUT2D eigenvalue weighted by molar-refractivity contribution is 0.590. The molecule has 0 heterocycles. The van der Waals surface area contributed by atoms with E-state index in [0.29, 0.717) is 0 Å². The monoisotopic (exact) mass is 251 g/mol. The van der Waals surface area contributed by atoms with Crippen LogP contribution >= 0.6 is 11.6 Å². The van der Waals surface area contributed by atoms with Crippen molar-refractivity contribution in [2.24, 2.45) is 0 Å². The normalized spacial score (nSPS) is 11.8. The van der Waals surface area contributed by atoms with Crippen molar-refractivity contribution in [3.8, 4) is 0 Å². The molecule has 3 nitrogen and oxygen atoms in total. The van der Waals surface area contributed by atoms with Gasteiger partial charge >= 0.3 is 0 Å². The Labute approximate surface area is 93.3 Å². The van der Waals surface area contributed by atoms with Crippen LogP contribution in [-0.4, -0.2) is 13.7 Å². The number of hydrogen-bond acceptors (Lipinski definition) is 2. The predicted octanol–water partition coefficient (Wildman–Crippen LogP) is 2.63. The summed E-state index contributed by atoms with van der Waals surface area (Å²) in [6.45, 7) is 3.02. The van der Waals surface area contributed by atoms with E-state index < -0.39 is 21.1 Å². The van der Waals surface area contributed by atoms with E-state index in [0.717, 1.165) is 6.07 Å². The second-order valence-electron chi connectivity index (χ2n) is 3.32. The molecule has 1 N–H and O–H groups in total. The number of halogens is 2. The molecule has 1 aromatic rings. The second-order valence-corrected chi connectivity index (χ2v) is 5.99. The van der Waals surface area contributed by atoms with E-state index in [2.05, 4.69) is 4.72 Å². The summed E-state index contributed by atoms with van der Waals surface area (Å²) in [5.74, 6) is -0.688. The van der Waals surface area contributed by atoms with Gasteiger partial charge in [0.2, 0.25) is 10.0 Å². The van der Waals surface area contributed by atoms with E-state index >= 15 is 0 Å². The summed E-state index contributed by atoms with van der Waals surface area (Å²) in [5.41, 5.74) is -0.0897. The molecule has 0 aliphatic carbocycles. The summed E-state index contributed by atoms with van der Waals surface area (Å²) >= 11 is 5.53. The molecule has 0 radical (unpaired) electrons. The van der Waals surface area contributed by atoms with Gasteiger partial charge in [0.25, 0.3) is 0 Å². The Kier molecular flexibility index (Phi) is 3.57. The number of nitrogens with one attached hydrogen (secondary N) is 1. The average Bonchev–Trinajstić information content (AvgIpc) is 2.09. The van der Waals surface area contributed by atoms with Crippen LogP contribution in [0.1, 0.15) is 13.8 Å². The molecule has 0 aliphatic heterocycles. The zero-order valence-corrected chi connectivity index (χ0v) is 9.86. The summed E-state index contributed by atoms with van der Waals surface area (Å²) in [6.07, 6.45) is 0. The van der Waals surface area contributed by atoms with Crippen molar-refractivity contribution >= 4 is 27.3 Å². The molecule has 6 heteroatoms. The molecule has 0 saturated carbocycles. The highest BCUT2D eigenvalue weighted by molar-refractivity contribution is 7.93. The minimum atomic E-state index is -3.52. The van der Waals surface area contributed by atoms with E-state index in [-0.39, 0.29) is 10.7 Å². The molecule has 0 saturated heterocycles. The Morgan fingerprint density at radius 1 is 1.40 bits per heavy atom. The predicted molar refractivity (Wildman–Crippen MR) is 59.1 cm³/mol. The van der Waals surface area contributed by atoms with Crippen molar-refractivity contribution in [3.63, 3.8) is 0 Å². The molecule has 0 amide bonds. The quantitative estimate of drug-likeness (QED) is 0.898. The van der Waals surface area contributed by atoms with Gasteiger partial charge in [-0.25, -0.2) is 12.8 Å². The maximum atomic E-state index is 13.2. The maximum absolute atomic E-state index is 13.2. The minimum Gasteiger partial charge on any atom is -0.280 e. The lowest BCUT2D eigenvalue weighted by atomic mass is 10.3. The highest BCUT2D eigenvalue weighted by Crippen LogP contribution is 2.20. The van der Waals surface area contributed by atoms with Crippen LogP contribution in [0.3, 0.4) is 0 Å². The van der Waals surface area contributed by atoms with Crippen molar-refractivity contribution in [1.29, 1.82) is 0 Å². The molecule has 0 bridgehead atoms. The van der Waals surface area contributed by atoms with Gasteiger partial charge in [-0.05, 0) is 32.0 Å². The first-order valence-electron chi connectivity index (χ1n) is 4.29. The molecule has 0 aromatic heterocycles. The van der Waals surface area contributed by atoms with Crippen LogP contribution in [0.2, 0.25) is 5.02 Å². The molecule has 0 aliphatic rings. The van der Waals surface area contributed by atoms with Gasteiger partial charge in [0.1, 0.15) is 5.82 Å². The fourth-order valence-corrected chi connectivity index (χ4v) is 1.71. The molecule has 0 spiro atoms. The van der Waals surface area contributed by atoms with Gasteiger partial charge in [-0.2, -0.15) is 0 Å². The number of sulfonamides is 1. The molecule has 0 fully saturated rings. The molecule has 84 valence electrons. The minimum absolute atomic E-state index is 0.0897. The third kappa shape index (κ3) is 3.07. The van der Waals surface area contributed by atoms with Crippen LogP contribution in [0, 0.1) is 5.82 Å². The van der Waals surface area contributed by atoms with E-state index in [9.17, 15) is 12.8 Å². The standard InChI is InChI=1S/C9H11ClFNO2S/c1-6(2)15(13,14)12-9-4-3-7(10)5-8(9)11/h3-6,12H,1-2H3. The third-order valence-electron chi connectivity index (χ3n) is 1.80. The number of anilines is 1. The molecular formula is C9H11ClFNO2S. The Morgan fingerprint density at radius 3 is 2.47 bits per heavy atom. The molecule has 0 unspecified atom stereocenters. The first kappa shape index (κ1) is 12.3. The van der Waals surface area contributed by atoms with Gasteiger partial charge in [0, 0.05) is 5.02 Å². The topological polar surface area (TPSA) is 46.2 Å². The van der Waals surface area contributed by atoms with Crippen LogP contribution in [0.4, 0.5) is 10.1 Å². The van der Waals surface area contributed by atoms with E-state index in [1.54, 1.807) is 0 Å². The molecular weight excluding hydrogens is 241 g/mol.